The topological polar surface area (TPSA) is 54.0 Å². The molecule has 0 unspecified atom stereocenters. The molecule has 1 heterocycles. The van der Waals surface area contributed by atoms with Crippen LogP contribution in [-0.4, -0.2) is 24.1 Å². The zero-order valence-corrected chi connectivity index (χ0v) is 15.5. The fourth-order valence-electron chi connectivity index (χ4n) is 2.90. The Morgan fingerprint density at radius 1 is 1.32 bits per heavy atom. The van der Waals surface area contributed by atoms with Crippen LogP contribution < -0.4 is 10.6 Å². The van der Waals surface area contributed by atoms with Gasteiger partial charge >= 0.3 is 6.03 Å². The van der Waals surface area contributed by atoms with Gasteiger partial charge in [-0.25, -0.2) is 14.2 Å². The van der Waals surface area contributed by atoms with Crippen molar-refractivity contribution in [1.82, 2.24) is 15.6 Å². The van der Waals surface area contributed by atoms with Gasteiger partial charge in [0.25, 0.3) is 0 Å². The van der Waals surface area contributed by atoms with Crippen LogP contribution >= 0.6 is 11.3 Å². The normalized spacial score (nSPS) is 15.2. The summed E-state index contributed by atoms with van der Waals surface area (Å²) in [6.07, 6.45) is 2.53. The lowest BCUT2D eigenvalue weighted by atomic mass is 9.95. The van der Waals surface area contributed by atoms with Gasteiger partial charge in [0.2, 0.25) is 0 Å². The van der Waals surface area contributed by atoms with Crippen LogP contribution in [0.5, 0.6) is 0 Å². The van der Waals surface area contributed by atoms with Crippen molar-refractivity contribution in [3.8, 4) is 0 Å². The molecule has 6 heteroatoms. The number of aromatic nitrogens is 1. The molecule has 1 aromatic carbocycles. The Labute approximate surface area is 151 Å². The molecule has 0 bridgehead atoms. The Balaban J connectivity index is 1.43. The van der Waals surface area contributed by atoms with Gasteiger partial charge in [0.05, 0.1) is 10.7 Å². The highest BCUT2D eigenvalue weighted by Crippen LogP contribution is 2.48. The van der Waals surface area contributed by atoms with Crippen molar-refractivity contribution in [2.45, 2.75) is 44.4 Å². The highest BCUT2D eigenvalue weighted by molar-refractivity contribution is 7.09. The van der Waals surface area contributed by atoms with Gasteiger partial charge in [-0.05, 0) is 24.5 Å². The molecular formula is C19H24FN3OS. The van der Waals surface area contributed by atoms with Crippen LogP contribution in [0.4, 0.5) is 9.18 Å². The molecule has 2 N–H and O–H groups in total. The van der Waals surface area contributed by atoms with Crippen molar-refractivity contribution in [3.05, 3.63) is 51.7 Å². The number of carbonyl (C=O) groups excluding carboxylic acids is 1. The Bertz CT molecular complexity index is 740. The maximum atomic E-state index is 14.0. The van der Waals surface area contributed by atoms with Gasteiger partial charge in [-0.1, -0.05) is 32.0 Å². The Kier molecular flexibility index (Phi) is 5.37. The minimum absolute atomic E-state index is 0.188. The van der Waals surface area contributed by atoms with Crippen LogP contribution in [0.15, 0.2) is 29.6 Å². The second-order valence-corrected chi connectivity index (χ2v) is 7.84. The molecule has 134 valence electrons. The van der Waals surface area contributed by atoms with Gasteiger partial charge in [-0.15, -0.1) is 11.3 Å². The van der Waals surface area contributed by atoms with Crippen molar-refractivity contribution in [1.29, 1.82) is 0 Å². The number of hydrogen-bond donors (Lipinski definition) is 2. The second kappa shape index (κ2) is 7.52. The van der Waals surface area contributed by atoms with E-state index < -0.39 is 0 Å². The summed E-state index contributed by atoms with van der Waals surface area (Å²) in [5.74, 6) is 0.245. The number of nitrogens with zero attached hydrogens (tertiary/aromatic N) is 1. The maximum Gasteiger partial charge on any atom is 0.314 e. The Morgan fingerprint density at radius 2 is 2.08 bits per heavy atom. The molecule has 2 aromatic rings. The van der Waals surface area contributed by atoms with E-state index in [1.165, 1.54) is 6.07 Å². The number of halogens is 1. The molecule has 0 saturated heterocycles. The predicted molar refractivity (Wildman–Crippen MR) is 98.6 cm³/mol. The van der Waals surface area contributed by atoms with E-state index in [9.17, 15) is 9.18 Å². The summed E-state index contributed by atoms with van der Waals surface area (Å²) >= 11 is 1.66. The highest BCUT2D eigenvalue weighted by atomic mass is 32.1. The summed E-state index contributed by atoms with van der Waals surface area (Å²) < 4.78 is 14.0. The number of thiazole rings is 1. The quantitative estimate of drug-likeness (QED) is 0.784. The SMILES string of the molecule is CC(C)c1nc(CCNC(=O)NCC2(c3ccccc3F)CC2)cs1. The molecule has 1 fully saturated rings. The summed E-state index contributed by atoms with van der Waals surface area (Å²) in [5.41, 5.74) is 1.49. The number of nitrogens with one attached hydrogen (secondary N) is 2. The van der Waals surface area contributed by atoms with E-state index >= 15 is 0 Å². The van der Waals surface area contributed by atoms with Gasteiger partial charge in [0, 0.05) is 36.2 Å². The van der Waals surface area contributed by atoms with E-state index in [1.807, 2.05) is 17.5 Å². The fourth-order valence-corrected chi connectivity index (χ4v) is 3.77. The van der Waals surface area contributed by atoms with E-state index in [-0.39, 0.29) is 17.3 Å². The van der Waals surface area contributed by atoms with E-state index in [4.69, 9.17) is 0 Å². The Hall–Kier alpha value is -1.95. The van der Waals surface area contributed by atoms with Crippen LogP contribution in [0, 0.1) is 5.82 Å². The van der Waals surface area contributed by atoms with Crippen molar-refractivity contribution in [2.24, 2.45) is 0 Å². The summed E-state index contributed by atoms with van der Waals surface area (Å²) in [7, 11) is 0. The molecule has 1 saturated carbocycles. The summed E-state index contributed by atoms with van der Waals surface area (Å²) in [6.45, 7) is 5.25. The van der Waals surface area contributed by atoms with E-state index in [0.717, 1.165) is 30.0 Å². The average Bonchev–Trinajstić information content (AvgIpc) is 3.22. The van der Waals surface area contributed by atoms with Gasteiger partial charge in [-0.2, -0.15) is 0 Å². The largest absolute Gasteiger partial charge is 0.338 e. The van der Waals surface area contributed by atoms with Crippen molar-refractivity contribution in [2.75, 3.05) is 13.1 Å². The zero-order chi connectivity index (χ0) is 17.9. The van der Waals surface area contributed by atoms with Gasteiger partial charge in [0.1, 0.15) is 5.82 Å². The molecule has 0 radical (unpaired) electrons. The first-order chi connectivity index (χ1) is 12.0. The molecule has 1 aliphatic rings. The zero-order valence-electron chi connectivity index (χ0n) is 14.6. The molecule has 0 spiro atoms. The minimum Gasteiger partial charge on any atom is -0.338 e. The molecule has 1 aliphatic carbocycles. The Morgan fingerprint density at radius 3 is 2.72 bits per heavy atom. The lowest BCUT2D eigenvalue weighted by molar-refractivity contribution is 0.240. The summed E-state index contributed by atoms with van der Waals surface area (Å²) in [6, 6.07) is 6.63. The van der Waals surface area contributed by atoms with Gasteiger partial charge < -0.3 is 10.6 Å². The summed E-state index contributed by atoms with van der Waals surface area (Å²) in [5, 5.41) is 8.92. The third-order valence-electron chi connectivity index (χ3n) is 4.62. The van der Waals surface area contributed by atoms with E-state index in [2.05, 4.69) is 29.5 Å². The summed E-state index contributed by atoms with van der Waals surface area (Å²) in [4.78, 5) is 16.6. The molecular weight excluding hydrogens is 337 g/mol. The molecule has 0 atom stereocenters. The smallest absolute Gasteiger partial charge is 0.314 e. The molecule has 3 rings (SSSR count). The molecule has 4 nitrogen and oxygen atoms in total. The second-order valence-electron chi connectivity index (χ2n) is 6.95. The van der Waals surface area contributed by atoms with Crippen molar-refractivity contribution in [3.63, 3.8) is 0 Å². The van der Waals surface area contributed by atoms with Crippen LogP contribution in [0.2, 0.25) is 0 Å². The van der Waals surface area contributed by atoms with Crippen molar-refractivity contribution >= 4 is 17.4 Å². The van der Waals surface area contributed by atoms with Crippen molar-refractivity contribution < 1.29 is 9.18 Å². The first kappa shape index (κ1) is 17.9. The third kappa shape index (κ3) is 4.37. The van der Waals surface area contributed by atoms with Crippen LogP contribution in [-0.2, 0) is 11.8 Å². The first-order valence-corrected chi connectivity index (χ1v) is 9.59. The van der Waals surface area contributed by atoms with Crippen LogP contribution in [0.1, 0.15) is 48.9 Å². The number of benzene rings is 1. The maximum absolute atomic E-state index is 14.0. The number of rotatable bonds is 7. The van der Waals surface area contributed by atoms with E-state index in [0.29, 0.717) is 24.6 Å². The molecule has 0 aliphatic heterocycles. The average molecular weight is 361 g/mol. The monoisotopic (exact) mass is 361 g/mol. The highest BCUT2D eigenvalue weighted by Gasteiger charge is 2.45. The number of amides is 2. The van der Waals surface area contributed by atoms with Gasteiger partial charge in [0.15, 0.2) is 0 Å². The number of carbonyl (C=O) groups is 1. The molecule has 25 heavy (non-hydrogen) atoms. The lowest BCUT2D eigenvalue weighted by Crippen LogP contribution is -2.40. The predicted octanol–water partition coefficient (Wildman–Crippen LogP) is 3.98. The third-order valence-corrected chi connectivity index (χ3v) is 5.81. The fraction of sp³-hybridized carbons (Fsp3) is 0.474. The molecule has 1 aromatic heterocycles. The first-order valence-electron chi connectivity index (χ1n) is 8.71. The van der Waals surface area contributed by atoms with E-state index in [1.54, 1.807) is 17.4 Å². The number of urea groups is 1. The lowest BCUT2D eigenvalue weighted by Gasteiger charge is -2.17. The van der Waals surface area contributed by atoms with Crippen LogP contribution in [0.3, 0.4) is 0 Å². The minimum atomic E-state index is -0.232. The molecule has 2 amide bonds. The standard InChI is InChI=1S/C19H24FN3OS/c1-13(2)17-23-14(11-25-17)7-10-21-18(24)22-12-19(8-9-19)15-5-3-4-6-16(15)20/h3-6,11,13H,7-10,12H2,1-2H3,(H2,21,22,24). The number of hydrogen-bond acceptors (Lipinski definition) is 3. The van der Waals surface area contributed by atoms with Gasteiger partial charge in [-0.3, -0.25) is 0 Å². The van der Waals surface area contributed by atoms with Crippen LogP contribution in [0.25, 0.3) is 0 Å².